The molecule has 1 aliphatic rings. The zero-order valence-electron chi connectivity index (χ0n) is 11.4. The van der Waals surface area contributed by atoms with Crippen LogP contribution in [-0.2, 0) is 0 Å². The third-order valence-corrected chi connectivity index (χ3v) is 3.91. The fraction of sp³-hybridized carbons (Fsp3) is 0.538. The Morgan fingerprint density at radius 3 is 3.05 bits per heavy atom. The molecule has 7 nitrogen and oxygen atoms in total. The van der Waals surface area contributed by atoms with Gasteiger partial charge in [-0.15, -0.1) is 0 Å². The molecule has 0 radical (unpaired) electrons. The highest BCUT2D eigenvalue weighted by Gasteiger charge is 2.30. The van der Waals surface area contributed by atoms with Crippen LogP contribution in [0.3, 0.4) is 0 Å². The van der Waals surface area contributed by atoms with Crippen LogP contribution in [0.15, 0.2) is 12.3 Å². The third-order valence-electron chi connectivity index (χ3n) is 3.64. The molecule has 114 valence electrons. The van der Waals surface area contributed by atoms with Crippen LogP contribution in [0.4, 0.5) is 5.69 Å². The van der Waals surface area contributed by atoms with Crippen molar-refractivity contribution in [3.05, 3.63) is 33.1 Å². The predicted molar refractivity (Wildman–Crippen MR) is 76.2 cm³/mol. The Morgan fingerprint density at radius 1 is 1.62 bits per heavy atom. The summed E-state index contributed by atoms with van der Waals surface area (Å²) in [6, 6.07) is 1.32. The lowest BCUT2D eigenvalue weighted by molar-refractivity contribution is -0.385. The molecule has 1 fully saturated rings. The summed E-state index contributed by atoms with van der Waals surface area (Å²) in [5.74, 6) is -0.183. The first-order valence-electron chi connectivity index (χ1n) is 6.73. The van der Waals surface area contributed by atoms with Crippen molar-refractivity contribution in [3.8, 4) is 0 Å². The number of carbonyl (C=O) groups is 1. The van der Waals surface area contributed by atoms with Gasteiger partial charge in [0.2, 0.25) is 5.15 Å². The first kappa shape index (κ1) is 15.7. The number of pyridine rings is 1. The van der Waals surface area contributed by atoms with Crippen LogP contribution in [0.2, 0.25) is 5.15 Å². The van der Waals surface area contributed by atoms with Gasteiger partial charge in [-0.2, -0.15) is 0 Å². The van der Waals surface area contributed by atoms with Crippen LogP contribution in [0.25, 0.3) is 0 Å². The van der Waals surface area contributed by atoms with E-state index in [9.17, 15) is 14.9 Å². The number of piperidine rings is 1. The van der Waals surface area contributed by atoms with Gasteiger partial charge in [0.1, 0.15) is 5.56 Å². The number of aliphatic hydroxyl groups excluding tert-OH is 1. The second-order valence-electron chi connectivity index (χ2n) is 5.03. The Kier molecular flexibility index (Phi) is 5.08. The van der Waals surface area contributed by atoms with Crippen molar-refractivity contribution in [2.45, 2.75) is 19.3 Å². The number of aromatic nitrogens is 1. The van der Waals surface area contributed by atoms with E-state index in [1.165, 1.54) is 12.3 Å². The number of nitro groups is 1. The standard InChI is InChI=1S/C13H16ClN3O4/c14-12-11(17(20)21)10(3-5-15-12)13(19)16-6-1-2-9(8-16)4-7-18/h3,5,9,18H,1-2,4,6-8H2. The van der Waals surface area contributed by atoms with Gasteiger partial charge < -0.3 is 10.0 Å². The van der Waals surface area contributed by atoms with Gasteiger partial charge in [0.25, 0.3) is 5.91 Å². The van der Waals surface area contributed by atoms with Crippen LogP contribution >= 0.6 is 11.6 Å². The van der Waals surface area contributed by atoms with Gasteiger partial charge in [-0.3, -0.25) is 14.9 Å². The van der Waals surface area contributed by atoms with E-state index in [1.807, 2.05) is 0 Å². The lowest BCUT2D eigenvalue weighted by Crippen LogP contribution is -2.40. The second kappa shape index (κ2) is 6.82. The topological polar surface area (TPSA) is 96.6 Å². The Balaban J connectivity index is 2.24. The molecule has 0 bridgehead atoms. The Hall–Kier alpha value is -1.73. The normalized spacial score (nSPS) is 18.6. The van der Waals surface area contributed by atoms with Gasteiger partial charge in [0, 0.05) is 25.9 Å². The molecule has 2 heterocycles. The van der Waals surface area contributed by atoms with E-state index in [4.69, 9.17) is 16.7 Å². The van der Waals surface area contributed by atoms with Crippen LogP contribution in [-0.4, -0.2) is 45.5 Å². The minimum absolute atomic E-state index is 0.0374. The molecule has 2 rings (SSSR count). The van der Waals surface area contributed by atoms with Gasteiger partial charge in [-0.1, -0.05) is 11.6 Å². The van der Waals surface area contributed by atoms with E-state index in [2.05, 4.69) is 4.98 Å². The molecule has 1 unspecified atom stereocenters. The predicted octanol–water partition coefficient (Wildman–Crippen LogP) is 1.88. The fourth-order valence-electron chi connectivity index (χ4n) is 2.61. The Morgan fingerprint density at radius 2 is 2.38 bits per heavy atom. The largest absolute Gasteiger partial charge is 0.396 e. The summed E-state index contributed by atoms with van der Waals surface area (Å²) in [6.07, 6.45) is 3.69. The summed E-state index contributed by atoms with van der Waals surface area (Å²) in [4.78, 5) is 28.1. The lowest BCUT2D eigenvalue weighted by atomic mass is 9.94. The monoisotopic (exact) mass is 313 g/mol. The summed E-state index contributed by atoms with van der Waals surface area (Å²) >= 11 is 5.73. The van der Waals surface area contributed by atoms with E-state index in [0.717, 1.165) is 12.8 Å². The molecular formula is C13H16ClN3O4. The minimum Gasteiger partial charge on any atom is -0.396 e. The average molecular weight is 314 g/mol. The highest BCUT2D eigenvalue weighted by molar-refractivity contribution is 6.32. The van der Waals surface area contributed by atoms with E-state index in [0.29, 0.717) is 19.5 Å². The van der Waals surface area contributed by atoms with Crippen LogP contribution < -0.4 is 0 Å². The summed E-state index contributed by atoms with van der Waals surface area (Å²) in [5.41, 5.74) is -0.488. The van der Waals surface area contributed by atoms with Crippen molar-refractivity contribution in [2.75, 3.05) is 19.7 Å². The minimum atomic E-state index is -0.683. The van der Waals surface area contributed by atoms with Gasteiger partial charge in [0.15, 0.2) is 0 Å². The number of nitrogens with zero attached hydrogens (tertiary/aromatic N) is 3. The van der Waals surface area contributed by atoms with Crippen molar-refractivity contribution in [2.24, 2.45) is 5.92 Å². The zero-order chi connectivity index (χ0) is 15.4. The van der Waals surface area contributed by atoms with Gasteiger partial charge in [0.05, 0.1) is 4.92 Å². The number of aliphatic hydroxyl groups is 1. The Labute approximate surface area is 126 Å². The quantitative estimate of drug-likeness (QED) is 0.520. The van der Waals surface area contributed by atoms with Crippen molar-refractivity contribution in [3.63, 3.8) is 0 Å². The molecule has 1 aliphatic heterocycles. The molecule has 0 aliphatic carbocycles. The molecular weight excluding hydrogens is 298 g/mol. The summed E-state index contributed by atoms with van der Waals surface area (Å²) in [7, 11) is 0. The average Bonchev–Trinajstić information content (AvgIpc) is 2.46. The van der Waals surface area contributed by atoms with Crippen molar-refractivity contribution in [1.29, 1.82) is 0 Å². The third kappa shape index (κ3) is 3.48. The summed E-state index contributed by atoms with van der Waals surface area (Å²) < 4.78 is 0. The first-order chi connectivity index (χ1) is 10.0. The number of likely N-dealkylation sites (tertiary alicyclic amines) is 1. The number of halogens is 1. The molecule has 0 spiro atoms. The maximum absolute atomic E-state index is 12.5. The molecule has 21 heavy (non-hydrogen) atoms. The number of carbonyl (C=O) groups excluding carboxylic acids is 1. The van der Waals surface area contributed by atoms with Gasteiger partial charge in [-0.25, -0.2) is 4.98 Å². The maximum atomic E-state index is 12.5. The van der Waals surface area contributed by atoms with E-state index in [-0.39, 0.29) is 23.2 Å². The van der Waals surface area contributed by atoms with E-state index in [1.54, 1.807) is 4.90 Å². The lowest BCUT2D eigenvalue weighted by Gasteiger charge is -2.32. The van der Waals surface area contributed by atoms with Crippen LogP contribution in [0.1, 0.15) is 29.6 Å². The molecule has 1 aromatic rings. The molecule has 1 N–H and O–H groups in total. The van der Waals surface area contributed by atoms with E-state index >= 15 is 0 Å². The van der Waals surface area contributed by atoms with E-state index < -0.39 is 16.5 Å². The number of rotatable bonds is 4. The molecule has 1 amide bonds. The highest BCUT2D eigenvalue weighted by atomic mass is 35.5. The van der Waals surface area contributed by atoms with Crippen LogP contribution in [0.5, 0.6) is 0 Å². The number of hydrogen-bond donors (Lipinski definition) is 1. The van der Waals surface area contributed by atoms with Crippen molar-refractivity contribution in [1.82, 2.24) is 9.88 Å². The second-order valence-corrected chi connectivity index (χ2v) is 5.38. The molecule has 0 aromatic carbocycles. The highest BCUT2D eigenvalue weighted by Crippen LogP contribution is 2.29. The summed E-state index contributed by atoms with van der Waals surface area (Å²) in [5, 5.41) is 19.8. The first-order valence-corrected chi connectivity index (χ1v) is 7.11. The maximum Gasteiger partial charge on any atom is 0.319 e. The summed E-state index contributed by atoms with van der Waals surface area (Å²) in [6.45, 7) is 1.13. The zero-order valence-corrected chi connectivity index (χ0v) is 12.1. The van der Waals surface area contributed by atoms with Gasteiger partial charge >= 0.3 is 5.69 Å². The van der Waals surface area contributed by atoms with Crippen molar-refractivity contribution < 1.29 is 14.8 Å². The molecule has 1 aromatic heterocycles. The fourth-order valence-corrected chi connectivity index (χ4v) is 2.84. The number of amides is 1. The Bertz CT molecular complexity index is 550. The number of hydrogen-bond acceptors (Lipinski definition) is 5. The molecule has 1 saturated heterocycles. The SMILES string of the molecule is O=C(c1ccnc(Cl)c1[N+](=O)[O-])N1CCCC(CCO)C1. The van der Waals surface area contributed by atoms with Gasteiger partial charge in [-0.05, 0) is 31.2 Å². The molecule has 8 heteroatoms. The van der Waals surface area contributed by atoms with Crippen LogP contribution in [0, 0.1) is 16.0 Å². The molecule has 1 atom stereocenters. The smallest absolute Gasteiger partial charge is 0.319 e. The molecule has 0 saturated carbocycles. The van der Waals surface area contributed by atoms with Crippen molar-refractivity contribution >= 4 is 23.2 Å².